The molecule has 6 nitrogen and oxygen atoms in total. The largest absolute Gasteiger partial charge is 0.483 e. The topological polar surface area (TPSA) is 68.5 Å². The lowest BCUT2D eigenvalue weighted by Crippen LogP contribution is -2.34. The lowest BCUT2D eigenvalue weighted by molar-refractivity contribution is -0.123. The lowest BCUT2D eigenvalue weighted by Gasteiger charge is -2.24. The van der Waals surface area contributed by atoms with E-state index in [2.05, 4.69) is 21.8 Å². The van der Waals surface area contributed by atoms with E-state index in [1.807, 2.05) is 47.0 Å². The number of fused-ring (bicyclic) bond motifs is 1. The molecule has 8 heteroatoms. The molecule has 1 N–H and O–H groups in total. The molecule has 1 fully saturated rings. The van der Waals surface area contributed by atoms with Crippen molar-refractivity contribution in [3.8, 4) is 5.75 Å². The number of nitrogens with zero attached hydrogens (tertiary/aromatic N) is 3. The first kappa shape index (κ1) is 22.9. The van der Waals surface area contributed by atoms with Crippen molar-refractivity contribution in [1.82, 2.24) is 19.9 Å². The highest BCUT2D eigenvalue weighted by Crippen LogP contribution is 2.38. The number of thioether (sulfide) groups is 1. The quantitative estimate of drug-likeness (QED) is 0.450. The minimum Gasteiger partial charge on any atom is -0.483 e. The van der Waals surface area contributed by atoms with Crippen LogP contribution in [-0.4, -0.2) is 39.1 Å². The van der Waals surface area contributed by atoms with Gasteiger partial charge in [0.2, 0.25) is 0 Å². The maximum absolute atomic E-state index is 12.8. The van der Waals surface area contributed by atoms with Gasteiger partial charge < -0.3 is 10.1 Å². The maximum Gasteiger partial charge on any atom is 0.258 e. The van der Waals surface area contributed by atoms with Crippen molar-refractivity contribution in [2.45, 2.75) is 50.5 Å². The van der Waals surface area contributed by atoms with Crippen LogP contribution in [0.2, 0.25) is 5.02 Å². The number of rotatable bonds is 9. The SMILES string of the molecule is CSCCC(NC(=O)COc1ccc(Cl)cc1C1CCCCC1)c1nnc2ccccn12. The Bertz CT molecular complexity index is 1050. The average molecular weight is 473 g/mol. The Hall–Kier alpha value is -2.25. The number of carbonyl (C=O) groups excluding carboxylic acids is 1. The summed E-state index contributed by atoms with van der Waals surface area (Å²) < 4.78 is 7.92. The highest BCUT2D eigenvalue weighted by molar-refractivity contribution is 7.98. The van der Waals surface area contributed by atoms with E-state index in [1.54, 1.807) is 11.8 Å². The summed E-state index contributed by atoms with van der Waals surface area (Å²) in [7, 11) is 0. The molecule has 0 bridgehead atoms. The molecule has 4 rings (SSSR count). The van der Waals surface area contributed by atoms with Gasteiger partial charge >= 0.3 is 0 Å². The van der Waals surface area contributed by atoms with Crippen LogP contribution in [0.4, 0.5) is 0 Å². The van der Waals surface area contributed by atoms with E-state index in [0.717, 1.165) is 47.8 Å². The molecule has 1 unspecified atom stereocenters. The van der Waals surface area contributed by atoms with Gasteiger partial charge in [-0.2, -0.15) is 11.8 Å². The third-order valence-electron chi connectivity index (χ3n) is 5.97. The number of nitrogens with one attached hydrogen (secondary N) is 1. The summed E-state index contributed by atoms with van der Waals surface area (Å²) in [5.41, 5.74) is 1.88. The lowest BCUT2D eigenvalue weighted by atomic mass is 9.84. The molecule has 1 saturated carbocycles. The van der Waals surface area contributed by atoms with Crippen LogP contribution in [0.1, 0.15) is 61.9 Å². The Morgan fingerprint density at radius 1 is 1.25 bits per heavy atom. The first-order valence-electron chi connectivity index (χ1n) is 11.2. The number of ether oxygens (including phenoxy) is 1. The molecule has 1 aromatic carbocycles. The Balaban J connectivity index is 1.45. The highest BCUT2D eigenvalue weighted by Gasteiger charge is 2.22. The minimum atomic E-state index is -0.237. The van der Waals surface area contributed by atoms with Crippen molar-refractivity contribution in [3.63, 3.8) is 0 Å². The third kappa shape index (κ3) is 5.56. The van der Waals surface area contributed by atoms with Gasteiger partial charge in [-0.05, 0) is 73.1 Å². The predicted molar refractivity (Wildman–Crippen MR) is 130 cm³/mol. The van der Waals surface area contributed by atoms with Crippen molar-refractivity contribution < 1.29 is 9.53 Å². The Morgan fingerprint density at radius 2 is 2.09 bits per heavy atom. The molecule has 0 saturated heterocycles. The molecule has 2 heterocycles. The number of amides is 1. The van der Waals surface area contributed by atoms with Crippen LogP contribution in [0.15, 0.2) is 42.6 Å². The van der Waals surface area contributed by atoms with Crippen molar-refractivity contribution in [1.29, 1.82) is 0 Å². The summed E-state index contributed by atoms with van der Waals surface area (Å²) in [6.07, 6.45) is 10.7. The second-order valence-corrected chi connectivity index (χ2v) is 9.62. The van der Waals surface area contributed by atoms with Crippen molar-refractivity contribution in [2.75, 3.05) is 18.6 Å². The Kier molecular flexibility index (Phi) is 7.92. The zero-order valence-corrected chi connectivity index (χ0v) is 19.9. The fourth-order valence-electron chi connectivity index (χ4n) is 4.36. The molecule has 1 aliphatic carbocycles. The summed E-state index contributed by atoms with van der Waals surface area (Å²) in [4.78, 5) is 12.8. The van der Waals surface area contributed by atoms with E-state index in [9.17, 15) is 4.79 Å². The van der Waals surface area contributed by atoms with Gasteiger partial charge in [0.05, 0.1) is 6.04 Å². The third-order valence-corrected chi connectivity index (χ3v) is 6.85. The van der Waals surface area contributed by atoms with E-state index in [-0.39, 0.29) is 18.6 Å². The average Bonchev–Trinajstić information content (AvgIpc) is 3.25. The van der Waals surface area contributed by atoms with Gasteiger partial charge in [0.1, 0.15) is 5.75 Å². The van der Waals surface area contributed by atoms with Crippen molar-refractivity contribution in [3.05, 3.63) is 59.0 Å². The van der Waals surface area contributed by atoms with E-state index in [0.29, 0.717) is 10.9 Å². The van der Waals surface area contributed by atoms with Gasteiger partial charge in [-0.15, -0.1) is 10.2 Å². The molecule has 32 heavy (non-hydrogen) atoms. The number of carbonyl (C=O) groups is 1. The summed E-state index contributed by atoms with van der Waals surface area (Å²) in [6.45, 7) is -0.0478. The Labute approximate surface area is 198 Å². The van der Waals surface area contributed by atoms with Crippen molar-refractivity contribution >= 4 is 34.9 Å². The van der Waals surface area contributed by atoms with Gasteiger partial charge in [-0.3, -0.25) is 9.20 Å². The van der Waals surface area contributed by atoms with E-state index >= 15 is 0 Å². The summed E-state index contributed by atoms with van der Waals surface area (Å²) in [5, 5.41) is 12.4. The van der Waals surface area contributed by atoms with Gasteiger partial charge in [0, 0.05) is 11.2 Å². The first-order valence-corrected chi connectivity index (χ1v) is 12.9. The van der Waals surface area contributed by atoms with Crippen molar-refractivity contribution in [2.24, 2.45) is 0 Å². The molecule has 0 radical (unpaired) electrons. The van der Waals surface area contributed by atoms with Gasteiger partial charge in [-0.25, -0.2) is 0 Å². The number of aromatic nitrogens is 3. The second-order valence-electron chi connectivity index (χ2n) is 8.19. The molecule has 1 amide bonds. The molecular formula is C24H29ClN4O2S. The summed E-state index contributed by atoms with van der Waals surface area (Å²) in [5.74, 6) is 2.66. The van der Waals surface area contributed by atoms with Gasteiger partial charge in [0.25, 0.3) is 5.91 Å². The number of pyridine rings is 1. The normalized spacial score (nSPS) is 15.6. The fourth-order valence-corrected chi connectivity index (χ4v) is 5.01. The molecule has 0 spiro atoms. The molecule has 2 aromatic heterocycles. The minimum absolute atomic E-state index is 0.0478. The van der Waals surface area contributed by atoms with Crippen LogP contribution in [-0.2, 0) is 4.79 Å². The van der Waals surface area contributed by atoms with E-state index < -0.39 is 0 Å². The smallest absolute Gasteiger partial charge is 0.258 e. The van der Waals surface area contributed by atoms with Crippen LogP contribution in [0.3, 0.4) is 0 Å². The molecule has 170 valence electrons. The second kappa shape index (κ2) is 11.1. The van der Waals surface area contributed by atoms with Crippen LogP contribution < -0.4 is 10.1 Å². The van der Waals surface area contributed by atoms with Crippen LogP contribution in [0, 0.1) is 0 Å². The molecular weight excluding hydrogens is 444 g/mol. The van der Waals surface area contributed by atoms with Crippen LogP contribution in [0.25, 0.3) is 5.65 Å². The molecule has 3 aromatic rings. The number of hydrogen-bond acceptors (Lipinski definition) is 5. The number of halogens is 1. The van der Waals surface area contributed by atoms with E-state index in [4.69, 9.17) is 16.3 Å². The molecule has 1 aliphatic rings. The monoisotopic (exact) mass is 472 g/mol. The maximum atomic E-state index is 12.8. The standard InChI is InChI=1S/C24H29ClN4O2S/c1-32-14-12-20(24-28-27-22-9-5-6-13-29(22)24)26-23(30)16-31-21-11-10-18(25)15-19(21)17-7-3-2-4-8-17/h5-6,9-11,13,15,17,20H,2-4,7-8,12,14,16H2,1H3,(H,26,30). The van der Waals surface area contributed by atoms with Crippen LogP contribution in [0.5, 0.6) is 5.75 Å². The van der Waals surface area contributed by atoms with Gasteiger partial charge in [-0.1, -0.05) is 36.9 Å². The predicted octanol–water partition coefficient (Wildman–Crippen LogP) is 5.42. The zero-order valence-electron chi connectivity index (χ0n) is 18.3. The molecule has 1 atom stereocenters. The fraction of sp³-hybridized carbons (Fsp3) is 0.458. The Morgan fingerprint density at radius 3 is 2.91 bits per heavy atom. The van der Waals surface area contributed by atoms with Gasteiger partial charge in [0.15, 0.2) is 18.1 Å². The first-order chi connectivity index (χ1) is 15.7. The zero-order chi connectivity index (χ0) is 22.3. The number of benzene rings is 1. The number of hydrogen-bond donors (Lipinski definition) is 1. The molecule has 0 aliphatic heterocycles. The summed E-state index contributed by atoms with van der Waals surface area (Å²) >= 11 is 8.01. The van der Waals surface area contributed by atoms with E-state index in [1.165, 1.54) is 19.3 Å². The summed E-state index contributed by atoms with van der Waals surface area (Å²) in [6, 6.07) is 11.2. The van der Waals surface area contributed by atoms with Crippen LogP contribution >= 0.6 is 23.4 Å². The highest BCUT2D eigenvalue weighted by atomic mass is 35.5.